The van der Waals surface area contributed by atoms with Gasteiger partial charge < -0.3 is 30.9 Å². The zero-order valence-corrected chi connectivity index (χ0v) is 28.1. The fraction of sp³-hybridized carbons (Fsp3) is 0.543. The average Bonchev–Trinajstić information content (AvgIpc) is 3.01. The molecule has 4 amide bonds. The van der Waals surface area contributed by atoms with Crippen molar-refractivity contribution in [2.24, 2.45) is 11.8 Å². The third-order valence-electron chi connectivity index (χ3n) is 7.30. The van der Waals surface area contributed by atoms with E-state index in [1.54, 1.807) is 48.5 Å². The van der Waals surface area contributed by atoms with E-state index in [0.29, 0.717) is 48.6 Å². The maximum Gasteiger partial charge on any atom is 0.251 e. The van der Waals surface area contributed by atoms with Crippen molar-refractivity contribution in [1.82, 2.24) is 26.2 Å². The Morgan fingerprint density at radius 1 is 0.644 bits per heavy atom. The van der Waals surface area contributed by atoms with Gasteiger partial charge in [-0.3, -0.25) is 19.2 Å². The fourth-order valence-electron chi connectivity index (χ4n) is 4.75. The van der Waals surface area contributed by atoms with Crippen molar-refractivity contribution in [3.8, 4) is 11.5 Å². The highest BCUT2D eigenvalue weighted by molar-refractivity contribution is 5.98. The normalized spacial score (nSPS) is 12.5. The minimum absolute atomic E-state index is 0.180. The van der Waals surface area contributed by atoms with E-state index >= 15 is 0 Å². The number of carbonyl (C=O) groups excluding carboxylic acids is 4. The standard InChI is InChI=1S/C35H53N5O5/c1-8-19-36-34(43)30(22-24(4)5)38-32(41)26-11-15-28(16-12-26)45-29-17-13-27(14-18-29)33(42)39-31(23-25(6)7)35(44)37-20-21-40(9-2)10-3/h11-18,24-25,30-31H,8-10,19-23H2,1-7H3,(H,36,43)(H,37,44)(H,38,41)(H,39,42)/t30-,31-/m0/s1. The number of ether oxygens (including phenoxy) is 1. The molecule has 0 aliphatic rings. The molecule has 0 aromatic heterocycles. The van der Waals surface area contributed by atoms with Crippen molar-refractivity contribution in [1.29, 1.82) is 0 Å². The van der Waals surface area contributed by atoms with Gasteiger partial charge in [-0.1, -0.05) is 48.5 Å². The quantitative estimate of drug-likeness (QED) is 0.179. The summed E-state index contributed by atoms with van der Waals surface area (Å²) < 4.78 is 5.92. The van der Waals surface area contributed by atoms with Crippen molar-refractivity contribution in [2.75, 3.05) is 32.7 Å². The summed E-state index contributed by atoms with van der Waals surface area (Å²) in [6.07, 6.45) is 1.89. The number of rotatable bonds is 19. The van der Waals surface area contributed by atoms with Crippen LogP contribution in [0.1, 0.15) is 88.4 Å². The van der Waals surface area contributed by atoms with Crippen LogP contribution in [0, 0.1) is 11.8 Å². The first-order valence-electron chi connectivity index (χ1n) is 16.2. The van der Waals surface area contributed by atoms with Crippen molar-refractivity contribution >= 4 is 23.6 Å². The molecule has 0 spiro atoms. The monoisotopic (exact) mass is 623 g/mol. The summed E-state index contributed by atoms with van der Waals surface area (Å²) >= 11 is 0. The Labute approximate surface area is 269 Å². The molecule has 2 rings (SSSR count). The Morgan fingerprint density at radius 3 is 1.40 bits per heavy atom. The largest absolute Gasteiger partial charge is 0.457 e. The van der Waals surface area contributed by atoms with Gasteiger partial charge in [0.25, 0.3) is 11.8 Å². The minimum atomic E-state index is -0.632. The van der Waals surface area contributed by atoms with E-state index in [4.69, 9.17) is 4.74 Å². The molecule has 0 radical (unpaired) electrons. The number of amides is 4. The second-order valence-corrected chi connectivity index (χ2v) is 12.1. The maximum absolute atomic E-state index is 13.0. The molecule has 45 heavy (non-hydrogen) atoms. The zero-order valence-electron chi connectivity index (χ0n) is 28.1. The van der Waals surface area contributed by atoms with Crippen LogP contribution in [0.4, 0.5) is 0 Å². The van der Waals surface area contributed by atoms with Gasteiger partial charge in [-0.2, -0.15) is 0 Å². The van der Waals surface area contributed by atoms with E-state index in [1.165, 1.54) is 0 Å². The lowest BCUT2D eigenvalue weighted by Gasteiger charge is -2.22. The van der Waals surface area contributed by atoms with Crippen LogP contribution in [0.3, 0.4) is 0 Å². The highest BCUT2D eigenvalue weighted by Crippen LogP contribution is 2.22. The van der Waals surface area contributed by atoms with Crippen LogP contribution < -0.4 is 26.0 Å². The summed E-state index contributed by atoms with van der Waals surface area (Å²) in [5.74, 6) is 0.469. The highest BCUT2D eigenvalue weighted by atomic mass is 16.5. The van der Waals surface area contributed by atoms with Gasteiger partial charge >= 0.3 is 0 Å². The molecule has 0 aliphatic carbocycles. The third kappa shape index (κ3) is 13.3. The number of nitrogens with zero attached hydrogens (tertiary/aromatic N) is 1. The molecule has 2 atom stereocenters. The molecule has 0 saturated heterocycles. The van der Waals surface area contributed by atoms with Gasteiger partial charge in [-0.15, -0.1) is 0 Å². The molecule has 0 unspecified atom stereocenters. The Bertz CT molecular complexity index is 1210. The Morgan fingerprint density at radius 2 is 1.04 bits per heavy atom. The smallest absolute Gasteiger partial charge is 0.251 e. The van der Waals surface area contributed by atoms with Crippen LogP contribution in [0.25, 0.3) is 0 Å². The molecule has 0 aliphatic heterocycles. The summed E-state index contributed by atoms with van der Waals surface area (Å²) in [7, 11) is 0. The van der Waals surface area contributed by atoms with E-state index in [2.05, 4.69) is 40.0 Å². The van der Waals surface area contributed by atoms with Crippen LogP contribution in [-0.4, -0.2) is 73.3 Å². The number of benzene rings is 2. The molecule has 248 valence electrons. The lowest BCUT2D eigenvalue weighted by Crippen LogP contribution is -2.48. The average molecular weight is 624 g/mol. The molecule has 2 aromatic rings. The van der Waals surface area contributed by atoms with Crippen LogP contribution in [0.5, 0.6) is 11.5 Å². The van der Waals surface area contributed by atoms with Gasteiger partial charge in [0.15, 0.2) is 0 Å². The number of nitrogens with one attached hydrogen (secondary N) is 4. The van der Waals surface area contributed by atoms with Gasteiger partial charge in [0.1, 0.15) is 23.6 Å². The van der Waals surface area contributed by atoms with E-state index < -0.39 is 12.1 Å². The highest BCUT2D eigenvalue weighted by Gasteiger charge is 2.23. The van der Waals surface area contributed by atoms with Crippen molar-refractivity contribution in [2.45, 2.75) is 79.8 Å². The predicted octanol–water partition coefficient (Wildman–Crippen LogP) is 4.75. The summed E-state index contributed by atoms with van der Waals surface area (Å²) in [5.41, 5.74) is 0.831. The van der Waals surface area contributed by atoms with Crippen LogP contribution in [0.2, 0.25) is 0 Å². The molecular formula is C35H53N5O5. The first kappa shape index (κ1) is 37.3. The second kappa shape index (κ2) is 19.5. The SMILES string of the molecule is CCCNC(=O)[C@H](CC(C)C)NC(=O)c1ccc(Oc2ccc(C(=O)N[C@@H](CC(C)C)C(=O)NCCN(CC)CC)cc2)cc1. The molecule has 0 fully saturated rings. The number of carbonyl (C=O) groups is 4. The van der Waals surface area contributed by atoms with Crippen LogP contribution >= 0.6 is 0 Å². The Kier molecular flexibility index (Phi) is 16.1. The molecular weight excluding hydrogens is 570 g/mol. The molecule has 0 bridgehead atoms. The van der Waals surface area contributed by atoms with Crippen LogP contribution in [0.15, 0.2) is 48.5 Å². The van der Waals surface area contributed by atoms with Crippen molar-refractivity contribution in [3.05, 3.63) is 59.7 Å². The van der Waals surface area contributed by atoms with E-state index in [-0.39, 0.29) is 35.5 Å². The van der Waals surface area contributed by atoms with Gasteiger partial charge in [0, 0.05) is 30.8 Å². The van der Waals surface area contributed by atoms with E-state index in [1.807, 2.05) is 34.6 Å². The Balaban J connectivity index is 1.98. The molecule has 0 heterocycles. The van der Waals surface area contributed by atoms with Crippen molar-refractivity contribution < 1.29 is 23.9 Å². The van der Waals surface area contributed by atoms with Gasteiger partial charge in [0.05, 0.1) is 0 Å². The molecule has 10 nitrogen and oxygen atoms in total. The van der Waals surface area contributed by atoms with E-state index in [9.17, 15) is 19.2 Å². The maximum atomic E-state index is 13.0. The fourth-order valence-corrected chi connectivity index (χ4v) is 4.75. The Hall–Kier alpha value is -3.92. The van der Waals surface area contributed by atoms with Crippen LogP contribution in [-0.2, 0) is 9.59 Å². The molecule has 0 saturated carbocycles. The van der Waals surface area contributed by atoms with Gasteiger partial charge in [0.2, 0.25) is 11.8 Å². The summed E-state index contributed by atoms with van der Waals surface area (Å²) in [5, 5.41) is 11.6. The summed E-state index contributed by atoms with van der Waals surface area (Å²) in [4.78, 5) is 53.5. The zero-order chi connectivity index (χ0) is 33.4. The number of hydrogen-bond donors (Lipinski definition) is 4. The third-order valence-corrected chi connectivity index (χ3v) is 7.30. The number of hydrogen-bond acceptors (Lipinski definition) is 6. The van der Waals surface area contributed by atoms with Gasteiger partial charge in [-0.05, 0) is 92.7 Å². The first-order chi connectivity index (χ1) is 21.5. The number of likely N-dealkylation sites (N-methyl/N-ethyl adjacent to an activating group) is 1. The minimum Gasteiger partial charge on any atom is -0.457 e. The lowest BCUT2D eigenvalue weighted by atomic mass is 10.0. The van der Waals surface area contributed by atoms with Gasteiger partial charge in [-0.25, -0.2) is 0 Å². The molecule has 4 N–H and O–H groups in total. The lowest BCUT2D eigenvalue weighted by molar-refractivity contribution is -0.124. The summed E-state index contributed by atoms with van der Waals surface area (Å²) in [6, 6.07) is 12.1. The second-order valence-electron chi connectivity index (χ2n) is 12.1. The van der Waals surface area contributed by atoms with Crippen molar-refractivity contribution in [3.63, 3.8) is 0 Å². The van der Waals surface area contributed by atoms with E-state index in [0.717, 1.165) is 26.1 Å². The topological polar surface area (TPSA) is 129 Å². The summed E-state index contributed by atoms with van der Waals surface area (Å²) in [6.45, 7) is 17.9. The first-order valence-corrected chi connectivity index (χ1v) is 16.2. The molecule has 10 heteroatoms. The molecule has 2 aromatic carbocycles. The predicted molar refractivity (Wildman–Crippen MR) is 178 cm³/mol.